The predicted molar refractivity (Wildman–Crippen MR) is 76.1 cm³/mol. The zero-order valence-corrected chi connectivity index (χ0v) is 11.4. The van der Waals surface area contributed by atoms with Crippen LogP contribution in [0.25, 0.3) is 6.08 Å². The molecule has 0 saturated carbocycles. The van der Waals surface area contributed by atoms with Gasteiger partial charge in [-0.3, -0.25) is 4.79 Å². The molecule has 0 saturated heterocycles. The van der Waals surface area contributed by atoms with Gasteiger partial charge in [0, 0.05) is 0 Å². The van der Waals surface area contributed by atoms with Crippen molar-refractivity contribution in [1.82, 2.24) is 0 Å². The minimum atomic E-state index is -0.205. The Balaban J connectivity index is 2.15. The van der Waals surface area contributed by atoms with Crippen LogP contribution in [0.3, 0.4) is 0 Å². The van der Waals surface area contributed by atoms with Gasteiger partial charge in [-0.1, -0.05) is 12.1 Å². The third-order valence-electron chi connectivity index (χ3n) is 2.69. The van der Waals surface area contributed by atoms with Gasteiger partial charge in [0.2, 0.25) is 5.78 Å². The molecule has 0 radical (unpaired) electrons. The topological polar surface area (TPSA) is 59.7 Å². The molecule has 2 rings (SSSR count). The molecule has 2 aromatic rings. The van der Waals surface area contributed by atoms with Crippen molar-refractivity contribution in [3.8, 4) is 11.5 Å². The van der Waals surface area contributed by atoms with E-state index in [1.165, 1.54) is 12.1 Å². The van der Waals surface area contributed by atoms with Crippen molar-refractivity contribution in [2.45, 2.75) is 13.8 Å². The van der Waals surface area contributed by atoms with E-state index in [-0.39, 0.29) is 11.5 Å². The molecule has 0 spiro atoms. The Labute approximate surface area is 117 Å². The van der Waals surface area contributed by atoms with Gasteiger partial charge in [-0.15, -0.1) is 0 Å². The fourth-order valence-corrected chi connectivity index (χ4v) is 1.73. The number of carbonyl (C=O) groups excluding carboxylic acids is 1. The monoisotopic (exact) mass is 272 g/mol. The summed E-state index contributed by atoms with van der Waals surface area (Å²) < 4.78 is 10.5. The molecule has 4 nitrogen and oxygen atoms in total. The van der Waals surface area contributed by atoms with Crippen LogP contribution in [0.2, 0.25) is 0 Å². The Morgan fingerprint density at radius 1 is 1.35 bits per heavy atom. The molecule has 20 heavy (non-hydrogen) atoms. The third kappa shape index (κ3) is 3.29. The number of phenolic OH excluding ortho intramolecular Hbond substituents is 1. The lowest BCUT2D eigenvalue weighted by Gasteiger charge is -2.06. The summed E-state index contributed by atoms with van der Waals surface area (Å²) in [6.07, 6.45) is 3.09. The molecule has 1 aromatic heterocycles. The van der Waals surface area contributed by atoms with Gasteiger partial charge in [-0.05, 0) is 49.8 Å². The molecule has 0 fully saturated rings. The Kier molecular flexibility index (Phi) is 4.25. The van der Waals surface area contributed by atoms with Crippen LogP contribution in [0, 0.1) is 6.92 Å². The molecule has 0 aliphatic heterocycles. The van der Waals surface area contributed by atoms with E-state index in [0.29, 0.717) is 23.9 Å². The largest absolute Gasteiger partial charge is 0.504 e. The van der Waals surface area contributed by atoms with E-state index in [1.807, 2.05) is 6.92 Å². The van der Waals surface area contributed by atoms with Crippen molar-refractivity contribution < 1.29 is 19.1 Å². The Morgan fingerprint density at radius 3 is 2.80 bits per heavy atom. The number of allylic oxidation sites excluding steroid dienone is 1. The molecular weight excluding hydrogens is 256 g/mol. The van der Waals surface area contributed by atoms with E-state index in [9.17, 15) is 9.90 Å². The molecule has 4 heteroatoms. The lowest BCUT2D eigenvalue weighted by Crippen LogP contribution is -1.93. The normalized spacial score (nSPS) is 10.9. The summed E-state index contributed by atoms with van der Waals surface area (Å²) in [5.41, 5.74) is 0.767. The Morgan fingerprint density at radius 2 is 2.15 bits per heavy atom. The van der Waals surface area contributed by atoms with E-state index in [0.717, 1.165) is 5.56 Å². The van der Waals surface area contributed by atoms with Crippen molar-refractivity contribution in [3.63, 3.8) is 0 Å². The van der Waals surface area contributed by atoms with E-state index >= 15 is 0 Å². The molecule has 0 unspecified atom stereocenters. The maximum Gasteiger partial charge on any atom is 0.221 e. The molecule has 1 N–H and O–H groups in total. The van der Waals surface area contributed by atoms with Crippen LogP contribution in [0.15, 0.2) is 40.8 Å². The zero-order valence-electron chi connectivity index (χ0n) is 11.4. The van der Waals surface area contributed by atoms with E-state index in [4.69, 9.17) is 9.15 Å². The second-order valence-electron chi connectivity index (χ2n) is 4.27. The summed E-state index contributed by atoms with van der Waals surface area (Å²) in [5.74, 6) is 1.28. The van der Waals surface area contributed by atoms with Crippen molar-refractivity contribution in [1.29, 1.82) is 0 Å². The number of carbonyl (C=O) groups is 1. The molecule has 1 heterocycles. The van der Waals surface area contributed by atoms with Crippen LogP contribution < -0.4 is 4.74 Å². The molecule has 1 aromatic carbocycles. The molecule has 0 amide bonds. The van der Waals surface area contributed by atoms with Gasteiger partial charge in [-0.2, -0.15) is 0 Å². The highest BCUT2D eigenvalue weighted by Gasteiger charge is 2.06. The maximum absolute atomic E-state index is 11.8. The van der Waals surface area contributed by atoms with Gasteiger partial charge < -0.3 is 14.3 Å². The summed E-state index contributed by atoms with van der Waals surface area (Å²) in [6.45, 7) is 4.09. The zero-order chi connectivity index (χ0) is 14.5. The second kappa shape index (κ2) is 6.10. The molecule has 0 aliphatic rings. The Bertz CT molecular complexity index is 638. The standard InChI is InChI=1S/C16H16O4/c1-3-19-16-10-12(6-8-14(16)18)5-7-13(17)15-9-4-11(2)20-15/h4-10,18H,3H2,1-2H3. The van der Waals surface area contributed by atoms with Gasteiger partial charge >= 0.3 is 0 Å². The molecular formula is C16H16O4. The lowest BCUT2D eigenvalue weighted by molar-refractivity contribution is 0.102. The maximum atomic E-state index is 11.8. The molecule has 0 bridgehead atoms. The van der Waals surface area contributed by atoms with Gasteiger partial charge in [0.05, 0.1) is 6.61 Å². The number of aromatic hydroxyl groups is 1. The second-order valence-corrected chi connectivity index (χ2v) is 4.27. The number of furan rings is 1. The summed E-state index contributed by atoms with van der Waals surface area (Å²) in [6, 6.07) is 8.30. The van der Waals surface area contributed by atoms with E-state index in [2.05, 4.69) is 0 Å². The van der Waals surface area contributed by atoms with Crippen molar-refractivity contribution in [3.05, 3.63) is 53.5 Å². The lowest BCUT2D eigenvalue weighted by atomic mass is 10.1. The first-order valence-corrected chi connectivity index (χ1v) is 6.35. The number of benzene rings is 1. The number of phenols is 1. The van der Waals surface area contributed by atoms with Gasteiger partial charge in [0.25, 0.3) is 0 Å². The average molecular weight is 272 g/mol. The fraction of sp³-hybridized carbons (Fsp3) is 0.188. The smallest absolute Gasteiger partial charge is 0.221 e. The average Bonchev–Trinajstić information content (AvgIpc) is 2.86. The number of rotatable bonds is 5. The summed E-state index contributed by atoms with van der Waals surface area (Å²) in [7, 11) is 0. The SMILES string of the molecule is CCOc1cc(C=CC(=O)c2ccc(C)o2)ccc1O. The first-order valence-electron chi connectivity index (χ1n) is 6.35. The van der Waals surface area contributed by atoms with Crippen LogP contribution in [0.1, 0.15) is 28.8 Å². The Hall–Kier alpha value is -2.49. The predicted octanol–water partition coefficient (Wildman–Crippen LogP) is 3.59. The van der Waals surface area contributed by atoms with E-state index < -0.39 is 0 Å². The van der Waals surface area contributed by atoms with Gasteiger partial charge in [0.1, 0.15) is 5.76 Å². The van der Waals surface area contributed by atoms with Crippen LogP contribution in [0.5, 0.6) is 11.5 Å². The number of aryl methyl sites for hydroxylation is 1. The summed E-state index contributed by atoms with van der Waals surface area (Å²) in [5, 5.41) is 9.59. The fourth-order valence-electron chi connectivity index (χ4n) is 1.73. The van der Waals surface area contributed by atoms with E-state index in [1.54, 1.807) is 37.3 Å². The number of ketones is 1. The number of hydrogen-bond acceptors (Lipinski definition) is 4. The van der Waals surface area contributed by atoms with Crippen LogP contribution in [0.4, 0.5) is 0 Å². The summed E-state index contributed by atoms with van der Waals surface area (Å²) >= 11 is 0. The van der Waals surface area contributed by atoms with Crippen molar-refractivity contribution in [2.75, 3.05) is 6.61 Å². The first kappa shape index (κ1) is 13.9. The van der Waals surface area contributed by atoms with Crippen LogP contribution in [-0.4, -0.2) is 17.5 Å². The van der Waals surface area contributed by atoms with Gasteiger partial charge in [-0.25, -0.2) is 0 Å². The van der Waals surface area contributed by atoms with Crippen molar-refractivity contribution in [2.24, 2.45) is 0 Å². The number of ether oxygens (including phenoxy) is 1. The highest BCUT2D eigenvalue weighted by molar-refractivity contribution is 6.04. The third-order valence-corrected chi connectivity index (χ3v) is 2.69. The first-order chi connectivity index (χ1) is 9.60. The minimum Gasteiger partial charge on any atom is -0.504 e. The minimum absolute atomic E-state index is 0.0805. The molecule has 104 valence electrons. The highest BCUT2D eigenvalue weighted by Crippen LogP contribution is 2.27. The number of hydrogen-bond donors (Lipinski definition) is 1. The highest BCUT2D eigenvalue weighted by atomic mass is 16.5. The van der Waals surface area contributed by atoms with Crippen molar-refractivity contribution >= 4 is 11.9 Å². The van der Waals surface area contributed by atoms with Gasteiger partial charge in [0.15, 0.2) is 17.3 Å². The van der Waals surface area contributed by atoms with Crippen LogP contribution >= 0.6 is 0 Å². The molecule has 0 atom stereocenters. The quantitative estimate of drug-likeness (QED) is 0.667. The van der Waals surface area contributed by atoms with Crippen LogP contribution in [-0.2, 0) is 0 Å². The molecule has 0 aliphatic carbocycles. The summed E-state index contributed by atoms with van der Waals surface area (Å²) in [4.78, 5) is 11.8.